The van der Waals surface area contributed by atoms with Gasteiger partial charge in [-0.3, -0.25) is 0 Å². The fourth-order valence-electron chi connectivity index (χ4n) is 2.19. The normalized spacial score (nSPS) is 12.4. The van der Waals surface area contributed by atoms with Gasteiger partial charge in [-0.15, -0.1) is 11.3 Å². The predicted molar refractivity (Wildman–Crippen MR) is 86.6 cm³/mol. The molecule has 1 aromatic heterocycles. The standard InChI is InChI=1S/C17H23NOS/c1-4-15-6-7-16(20-15)11-19-17-8-5-12(2)9-14(17)10-13(3)18/h5-9,13H,4,10-11,18H2,1-3H3. The van der Waals surface area contributed by atoms with Gasteiger partial charge in [0.1, 0.15) is 12.4 Å². The zero-order valence-corrected chi connectivity index (χ0v) is 13.3. The molecule has 2 rings (SSSR count). The second-order valence-corrected chi connectivity index (χ2v) is 6.56. The zero-order chi connectivity index (χ0) is 14.5. The minimum absolute atomic E-state index is 0.146. The first-order chi connectivity index (χ1) is 9.58. The molecule has 0 saturated heterocycles. The summed E-state index contributed by atoms with van der Waals surface area (Å²) in [6, 6.07) is 10.8. The number of nitrogens with two attached hydrogens (primary N) is 1. The van der Waals surface area contributed by atoms with Crippen LogP contribution in [0.4, 0.5) is 0 Å². The van der Waals surface area contributed by atoms with E-state index in [9.17, 15) is 0 Å². The minimum atomic E-state index is 0.146. The van der Waals surface area contributed by atoms with E-state index >= 15 is 0 Å². The molecule has 3 heteroatoms. The van der Waals surface area contributed by atoms with Gasteiger partial charge in [-0.2, -0.15) is 0 Å². The molecular weight excluding hydrogens is 266 g/mol. The van der Waals surface area contributed by atoms with Gasteiger partial charge in [0, 0.05) is 15.8 Å². The van der Waals surface area contributed by atoms with Gasteiger partial charge >= 0.3 is 0 Å². The molecule has 1 unspecified atom stereocenters. The minimum Gasteiger partial charge on any atom is -0.488 e. The first-order valence-electron chi connectivity index (χ1n) is 7.14. The summed E-state index contributed by atoms with van der Waals surface area (Å²) in [5, 5.41) is 0. The Morgan fingerprint density at radius 3 is 2.60 bits per heavy atom. The third-order valence-corrected chi connectivity index (χ3v) is 4.40. The lowest BCUT2D eigenvalue weighted by atomic mass is 10.0. The highest BCUT2D eigenvalue weighted by Crippen LogP contribution is 2.24. The smallest absolute Gasteiger partial charge is 0.123 e. The van der Waals surface area contributed by atoms with Crippen LogP contribution in [0.2, 0.25) is 0 Å². The molecular formula is C17H23NOS. The summed E-state index contributed by atoms with van der Waals surface area (Å²) in [4.78, 5) is 2.68. The molecule has 108 valence electrons. The molecule has 0 aliphatic heterocycles. The average Bonchev–Trinajstić information content (AvgIpc) is 2.85. The summed E-state index contributed by atoms with van der Waals surface area (Å²) >= 11 is 1.83. The van der Waals surface area contributed by atoms with Crippen LogP contribution in [0.5, 0.6) is 5.75 Å². The van der Waals surface area contributed by atoms with Crippen molar-refractivity contribution in [2.75, 3.05) is 0 Å². The molecule has 0 radical (unpaired) electrons. The zero-order valence-electron chi connectivity index (χ0n) is 12.5. The Morgan fingerprint density at radius 1 is 1.20 bits per heavy atom. The molecule has 0 fully saturated rings. The van der Waals surface area contributed by atoms with E-state index in [2.05, 4.69) is 44.2 Å². The molecule has 0 amide bonds. The van der Waals surface area contributed by atoms with Crippen molar-refractivity contribution in [1.82, 2.24) is 0 Å². The van der Waals surface area contributed by atoms with Crippen molar-refractivity contribution in [1.29, 1.82) is 0 Å². The van der Waals surface area contributed by atoms with Crippen molar-refractivity contribution in [2.45, 2.75) is 46.3 Å². The van der Waals surface area contributed by atoms with Crippen molar-refractivity contribution in [3.63, 3.8) is 0 Å². The van der Waals surface area contributed by atoms with Gasteiger partial charge in [-0.05, 0) is 50.5 Å². The lowest BCUT2D eigenvalue weighted by Gasteiger charge is -2.13. The predicted octanol–water partition coefficient (Wildman–Crippen LogP) is 4.09. The average molecular weight is 289 g/mol. The summed E-state index contributed by atoms with van der Waals surface area (Å²) in [5.41, 5.74) is 8.37. The van der Waals surface area contributed by atoms with Crippen molar-refractivity contribution in [3.8, 4) is 5.75 Å². The summed E-state index contributed by atoms with van der Waals surface area (Å²) in [6.45, 7) is 6.94. The lowest BCUT2D eigenvalue weighted by molar-refractivity contribution is 0.306. The van der Waals surface area contributed by atoms with E-state index in [-0.39, 0.29) is 6.04 Å². The van der Waals surface area contributed by atoms with Crippen molar-refractivity contribution in [2.24, 2.45) is 5.73 Å². The molecule has 0 saturated carbocycles. The van der Waals surface area contributed by atoms with Crippen LogP contribution in [0.15, 0.2) is 30.3 Å². The summed E-state index contributed by atoms with van der Waals surface area (Å²) < 4.78 is 5.99. The summed E-state index contributed by atoms with van der Waals surface area (Å²) in [5.74, 6) is 0.958. The van der Waals surface area contributed by atoms with E-state index in [1.807, 2.05) is 18.3 Å². The second kappa shape index (κ2) is 6.91. The fraction of sp³-hybridized carbons (Fsp3) is 0.412. The number of benzene rings is 1. The molecule has 2 aromatic rings. The maximum atomic E-state index is 5.99. The molecule has 0 spiro atoms. The van der Waals surface area contributed by atoms with E-state index in [0.717, 1.165) is 18.6 Å². The number of thiophene rings is 1. The van der Waals surface area contributed by atoms with E-state index in [1.165, 1.54) is 20.9 Å². The lowest BCUT2D eigenvalue weighted by Crippen LogP contribution is -2.18. The Morgan fingerprint density at radius 2 is 1.95 bits per heavy atom. The Balaban J connectivity index is 2.08. The molecule has 2 N–H and O–H groups in total. The first-order valence-corrected chi connectivity index (χ1v) is 7.95. The Labute approximate surface area is 125 Å². The molecule has 1 atom stereocenters. The maximum absolute atomic E-state index is 5.99. The molecule has 20 heavy (non-hydrogen) atoms. The third kappa shape index (κ3) is 4.09. The summed E-state index contributed by atoms with van der Waals surface area (Å²) in [7, 11) is 0. The van der Waals surface area contributed by atoms with Crippen LogP contribution in [-0.2, 0) is 19.4 Å². The number of rotatable bonds is 6. The number of ether oxygens (including phenoxy) is 1. The van der Waals surface area contributed by atoms with Crippen LogP contribution in [0.1, 0.15) is 34.7 Å². The van der Waals surface area contributed by atoms with Crippen LogP contribution in [0.25, 0.3) is 0 Å². The highest BCUT2D eigenvalue weighted by molar-refractivity contribution is 7.11. The van der Waals surface area contributed by atoms with Crippen molar-refractivity contribution < 1.29 is 4.74 Å². The van der Waals surface area contributed by atoms with Crippen molar-refractivity contribution >= 4 is 11.3 Å². The highest BCUT2D eigenvalue weighted by atomic mass is 32.1. The highest BCUT2D eigenvalue weighted by Gasteiger charge is 2.08. The van der Waals surface area contributed by atoms with Gasteiger partial charge in [0.2, 0.25) is 0 Å². The SMILES string of the molecule is CCc1ccc(COc2ccc(C)cc2CC(C)N)s1. The first kappa shape index (κ1) is 15.1. The third-order valence-electron chi connectivity index (χ3n) is 3.19. The number of hydrogen-bond acceptors (Lipinski definition) is 3. The van der Waals surface area contributed by atoms with Gasteiger partial charge in [0.15, 0.2) is 0 Å². The van der Waals surface area contributed by atoms with E-state index in [1.54, 1.807) is 0 Å². The van der Waals surface area contributed by atoms with Gasteiger partial charge < -0.3 is 10.5 Å². The molecule has 2 nitrogen and oxygen atoms in total. The van der Waals surface area contributed by atoms with Crippen LogP contribution in [0.3, 0.4) is 0 Å². The topological polar surface area (TPSA) is 35.2 Å². The van der Waals surface area contributed by atoms with Gasteiger partial charge in [0.05, 0.1) is 0 Å². The van der Waals surface area contributed by atoms with Crippen LogP contribution >= 0.6 is 11.3 Å². The number of hydrogen-bond donors (Lipinski definition) is 1. The molecule has 0 aliphatic rings. The van der Waals surface area contributed by atoms with Gasteiger partial charge in [-0.1, -0.05) is 24.6 Å². The summed E-state index contributed by atoms with van der Waals surface area (Å²) in [6.07, 6.45) is 1.94. The molecule has 1 aromatic carbocycles. The maximum Gasteiger partial charge on any atom is 0.123 e. The van der Waals surface area contributed by atoms with Gasteiger partial charge in [0.25, 0.3) is 0 Å². The van der Waals surface area contributed by atoms with E-state index < -0.39 is 0 Å². The Hall–Kier alpha value is -1.32. The Bertz CT molecular complexity index is 560. The van der Waals surface area contributed by atoms with E-state index in [0.29, 0.717) is 6.61 Å². The van der Waals surface area contributed by atoms with E-state index in [4.69, 9.17) is 10.5 Å². The quantitative estimate of drug-likeness (QED) is 0.869. The van der Waals surface area contributed by atoms with Gasteiger partial charge in [-0.25, -0.2) is 0 Å². The monoisotopic (exact) mass is 289 g/mol. The second-order valence-electron chi connectivity index (χ2n) is 5.30. The molecule has 0 aliphatic carbocycles. The molecule has 0 bridgehead atoms. The van der Waals surface area contributed by atoms with Crippen LogP contribution < -0.4 is 10.5 Å². The molecule has 1 heterocycles. The van der Waals surface area contributed by atoms with Crippen LogP contribution in [-0.4, -0.2) is 6.04 Å². The fourth-order valence-corrected chi connectivity index (χ4v) is 3.07. The Kier molecular flexibility index (Phi) is 5.21. The van der Waals surface area contributed by atoms with Crippen LogP contribution in [0, 0.1) is 6.92 Å². The number of aryl methyl sites for hydroxylation is 2. The largest absolute Gasteiger partial charge is 0.488 e. The van der Waals surface area contributed by atoms with Crippen molar-refractivity contribution in [3.05, 3.63) is 51.2 Å².